The Morgan fingerprint density at radius 1 is 1.40 bits per heavy atom. The van der Waals surface area contributed by atoms with E-state index in [9.17, 15) is 9.90 Å². The van der Waals surface area contributed by atoms with E-state index in [4.69, 9.17) is 4.74 Å². The van der Waals surface area contributed by atoms with Gasteiger partial charge in [-0.2, -0.15) is 0 Å². The standard InChI is InChI=1S/C13H22N4O3/c1-10(20-2)11-14-15-16-17(11)9-13(12(18)19)7-5-3-4-6-8-13/h10H,3-9H2,1-2H3,(H,18,19). The molecule has 0 aromatic carbocycles. The maximum atomic E-state index is 11.8. The van der Waals surface area contributed by atoms with E-state index in [0.29, 0.717) is 25.2 Å². The van der Waals surface area contributed by atoms with Crippen LogP contribution in [0, 0.1) is 5.41 Å². The van der Waals surface area contributed by atoms with E-state index in [0.717, 1.165) is 25.7 Å². The lowest BCUT2D eigenvalue weighted by Crippen LogP contribution is -2.36. The number of carboxylic acid groups (broad SMARTS) is 1. The van der Waals surface area contributed by atoms with Gasteiger partial charge in [-0.25, -0.2) is 4.68 Å². The number of carbonyl (C=O) groups is 1. The second kappa shape index (κ2) is 6.30. The number of ether oxygens (including phenoxy) is 1. The van der Waals surface area contributed by atoms with E-state index in [2.05, 4.69) is 15.5 Å². The highest BCUT2D eigenvalue weighted by atomic mass is 16.5. The quantitative estimate of drug-likeness (QED) is 0.828. The van der Waals surface area contributed by atoms with Gasteiger partial charge < -0.3 is 9.84 Å². The van der Waals surface area contributed by atoms with Crippen molar-refractivity contribution in [1.29, 1.82) is 0 Å². The molecule has 0 radical (unpaired) electrons. The molecule has 0 amide bonds. The summed E-state index contributed by atoms with van der Waals surface area (Å²) in [7, 11) is 1.59. The molecule has 1 aliphatic carbocycles. The lowest BCUT2D eigenvalue weighted by Gasteiger charge is -2.28. The van der Waals surface area contributed by atoms with Gasteiger partial charge >= 0.3 is 5.97 Å². The normalized spacial score (nSPS) is 20.3. The van der Waals surface area contributed by atoms with Crippen LogP contribution in [0.4, 0.5) is 0 Å². The molecular formula is C13H22N4O3. The van der Waals surface area contributed by atoms with E-state index in [1.807, 2.05) is 6.92 Å². The lowest BCUT2D eigenvalue weighted by molar-refractivity contribution is -0.151. The van der Waals surface area contributed by atoms with Crippen LogP contribution in [-0.2, 0) is 16.1 Å². The van der Waals surface area contributed by atoms with Gasteiger partial charge in [-0.3, -0.25) is 4.79 Å². The number of tetrazole rings is 1. The van der Waals surface area contributed by atoms with Crippen LogP contribution >= 0.6 is 0 Å². The van der Waals surface area contributed by atoms with Crippen LogP contribution in [0.15, 0.2) is 0 Å². The van der Waals surface area contributed by atoms with Crippen LogP contribution in [-0.4, -0.2) is 38.4 Å². The minimum atomic E-state index is -0.756. The number of aliphatic carboxylic acids is 1. The SMILES string of the molecule is COC(C)c1nnnn1CC1(C(=O)O)CCCCCC1. The van der Waals surface area contributed by atoms with Gasteiger partial charge in [-0.15, -0.1) is 5.10 Å². The zero-order chi connectivity index (χ0) is 14.6. The first-order valence-corrected chi connectivity index (χ1v) is 7.11. The molecule has 1 aromatic heterocycles. The Balaban J connectivity index is 2.24. The summed E-state index contributed by atoms with van der Waals surface area (Å²) in [4.78, 5) is 11.8. The van der Waals surface area contributed by atoms with E-state index in [-0.39, 0.29) is 6.10 Å². The number of aromatic nitrogens is 4. The molecule has 7 nitrogen and oxygen atoms in total. The third kappa shape index (κ3) is 2.98. The second-order valence-corrected chi connectivity index (χ2v) is 5.57. The Labute approximate surface area is 118 Å². The molecule has 20 heavy (non-hydrogen) atoms. The smallest absolute Gasteiger partial charge is 0.311 e. The number of hydrogen-bond acceptors (Lipinski definition) is 5. The third-order valence-corrected chi connectivity index (χ3v) is 4.24. The van der Waals surface area contributed by atoms with Crippen LogP contribution in [0.25, 0.3) is 0 Å². The summed E-state index contributed by atoms with van der Waals surface area (Å²) < 4.78 is 6.82. The maximum Gasteiger partial charge on any atom is 0.311 e. The van der Waals surface area contributed by atoms with Crippen LogP contribution in [0.5, 0.6) is 0 Å². The van der Waals surface area contributed by atoms with Gasteiger partial charge in [0.15, 0.2) is 5.82 Å². The summed E-state index contributed by atoms with van der Waals surface area (Å²) in [6.07, 6.45) is 5.22. The molecule has 1 atom stereocenters. The highest BCUT2D eigenvalue weighted by Crippen LogP contribution is 2.37. The van der Waals surface area contributed by atoms with Crippen molar-refractivity contribution >= 4 is 5.97 Å². The van der Waals surface area contributed by atoms with Crippen LogP contribution in [0.3, 0.4) is 0 Å². The zero-order valence-electron chi connectivity index (χ0n) is 12.1. The molecule has 1 heterocycles. The second-order valence-electron chi connectivity index (χ2n) is 5.57. The van der Waals surface area contributed by atoms with Crippen molar-refractivity contribution in [1.82, 2.24) is 20.2 Å². The molecule has 1 N–H and O–H groups in total. The van der Waals surface area contributed by atoms with Crippen molar-refractivity contribution in [2.24, 2.45) is 5.41 Å². The monoisotopic (exact) mass is 282 g/mol. The molecule has 1 saturated carbocycles. The predicted molar refractivity (Wildman–Crippen MR) is 71.0 cm³/mol. The molecule has 0 saturated heterocycles. The van der Waals surface area contributed by atoms with Crippen LogP contribution < -0.4 is 0 Å². The van der Waals surface area contributed by atoms with Gasteiger partial charge in [0.1, 0.15) is 6.10 Å². The molecule has 0 aliphatic heterocycles. The summed E-state index contributed by atoms with van der Waals surface area (Å²) >= 11 is 0. The van der Waals surface area contributed by atoms with Gasteiger partial charge in [0.05, 0.1) is 12.0 Å². The Bertz CT molecular complexity index is 452. The third-order valence-electron chi connectivity index (χ3n) is 4.24. The first kappa shape index (κ1) is 14.9. The van der Waals surface area contributed by atoms with Gasteiger partial charge in [0, 0.05) is 7.11 Å². The van der Waals surface area contributed by atoms with Crippen molar-refractivity contribution in [3.05, 3.63) is 5.82 Å². The van der Waals surface area contributed by atoms with Crippen molar-refractivity contribution in [3.8, 4) is 0 Å². The van der Waals surface area contributed by atoms with Crippen molar-refractivity contribution in [3.63, 3.8) is 0 Å². The van der Waals surface area contributed by atoms with Crippen LogP contribution in [0.1, 0.15) is 57.4 Å². The fourth-order valence-electron chi connectivity index (χ4n) is 2.85. The molecule has 1 aliphatic rings. The van der Waals surface area contributed by atoms with Gasteiger partial charge in [-0.05, 0) is 30.2 Å². The summed E-state index contributed by atoms with van der Waals surface area (Å²) in [6, 6.07) is 0. The van der Waals surface area contributed by atoms with Crippen molar-refractivity contribution in [2.45, 2.75) is 58.1 Å². The molecule has 0 spiro atoms. The fourth-order valence-corrected chi connectivity index (χ4v) is 2.85. The highest BCUT2D eigenvalue weighted by Gasteiger charge is 2.40. The Morgan fingerprint density at radius 2 is 2.05 bits per heavy atom. The minimum Gasteiger partial charge on any atom is -0.481 e. The van der Waals surface area contributed by atoms with E-state index < -0.39 is 11.4 Å². The van der Waals surface area contributed by atoms with Gasteiger partial charge in [0.25, 0.3) is 0 Å². The Kier molecular flexibility index (Phi) is 4.69. The van der Waals surface area contributed by atoms with Gasteiger partial charge in [-0.1, -0.05) is 25.7 Å². The first-order valence-electron chi connectivity index (χ1n) is 7.11. The summed E-state index contributed by atoms with van der Waals surface area (Å²) in [5, 5.41) is 21.2. The molecule has 1 aromatic rings. The summed E-state index contributed by atoms with van der Waals surface area (Å²) in [5.74, 6) is -0.164. The van der Waals surface area contributed by atoms with E-state index in [1.54, 1.807) is 11.8 Å². The minimum absolute atomic E-state index is 0.248. The molecule has 7 heteroatoms. The molecule has 1 fully saturated rings. The Hall–Kier alpha value is -1.50. The predicted octanol–water partition coefficient (Wildman–Crippen LogP) is 1.81. The molecule has 0 bridgehead atoms. The molecule has 112 valence electrons. The number of hydrogen-bond donors (Lipinski definition) is 1. The number of nitrogens with zero attached hydrogens (tertiary/aromatic N) is 4. The average molecular weight is 282 g/mol. The topological polar surface area (TPSA) is 90.1 Å². The molecule has 2 rings (SSSR count). The summed E-state index contributed by atoms with van der Waals surface area (Å²) in [5.41, 5.74) is -0.756. The molecule has 1 unspecified atom stereocenters. The number of methoxy groups -OCH3 is 1. The summed E-state index contributed by atoms with van der Waals surface area (Å²) in [6.45, 7) is 2.17. The zero-order valence-corrected chi connectivity index (χ0v) is 12.1. The number of carboxylic acids is 1. The maximum absolute atomic E-state index is 11.8. The number of rotatable bonds is 5. The molecular weight excluding hydrogens is 260 g/mol. The largest absolute Gasteiger partial charge is 0.481 e. The van der Waals surface area contributed by atoms with Crippen molar-refractivity contribution in [2.75, 3.05) is 7.11 Å². The first-order chi connectivity index (χ1) is 9.59. The average Bonchev–Trinajstić information content (AvgIpc) is 2.74. The highest BCUT2D eigenvalue weighted by molar-refractivity contribution is 5.74. The van der Waals surface area contributed by atoms with Gasteiger partial charge in [0.2, 0.25) is 0 Å². The fraction of sp³-hybridized carbons (Fsp3) is 0.846. The Morgan fingerprint density at radius 3 is 2.60 bits per heavy atom. The van der Waals surface area contributed by atoms with E-state index >= 15 is 0 Å². The van der Waals surface area contributed by atoms with Crippen LogP contribution in [0.2, 0.25) is 0 Å². The lowest BCUT2D eigenvalue weighted by atomic mass is 9.80. The van der Waals surface area contributed by atoms with E-state index in [1.165, 1.54) is 0 Å². The van der Waals surface area contributed by atoms with Crippen molar-refractivity contribution < 1.29 is 14.6 Å².